The largest absolute Gasteiger partial charge is 0.444 e. The lowest BCUT2D eigenvalue weighted by Gasteiger charge is -2.38. The minimum absolute atomic E-state index is 0.212. The maximum atomic E-state index is 11.7. The first-order chi connectivity index (χ1) is 10.2. The van der Waals surface area contributed by atoms with Gasteiger partial charge in [0.05, 0.1) is 0 Å². The summed E-state index contributed by atoms with van der Waals surface area (Å²) in [6.45, 7) is 7.78. The first-order valence-electron chi connectivity index (χ1n) is 7.74. The summed E-state index contributed by atoms with van der Waals surface area (Å²) in [4.78, 5) is 11.7. The molecule has 5 heteroatoms. The third-order valence-corrected chi connectivity index (χ3v) is 4.24. The molecule has 1 fully saturated rings. The number of amides is 1. The average Bonchev–Trinajstić information content (AvgIpc) is 2.34. The van der Waals surface area contributed by atoms with Gasteiger partial charge in [-0.3, -0.25) is 0 Å². The van der Waals surface area contributed by atoms with Crippen molar-refractivity contribution in [2.75, 3.05) is 0 Å². The molecule has 2 rings (SSSR count). The van der Waals surface area contributed by atoms with Gasteiger partial charge in [0.15, 0.2) is 0 Å². The van der Waals surface area contributed by atoms with Crippen LogP contribution in [0, 0.1) is 0 Å². The Labute approximate surface area is 141 Å². The fourth-order valence-corrected chi connectivity index (χ4v) is 2.81. The summed E-state index contributed by atoms with van der Waals surface area (Å²) >= 11 is 3.45. The predicted molar refractivity (Wildman–Crippen MR) is 91.9 cm³/mol. The molecule has 0 aliphatic heterocycles. The van der Waals surface area contributed by atoms with E-state index in [-0.39, 0.29) is 12.1 Å². The van der Waals surface area contributed by atoms with Gasteiger partial charge in [0, 0.05) is 22.6 Å². The second-order valence-corrected chi connectivity index (χ2v) is 7.87. The number of halogens is 1. The SMILES string of the molecule is CC(NC1CC(NC(=O)OC(C)(C)C)C1)c1ccc(Br)cc1. The molecule has 1 aliphatic rings. The van der Waals surface area contributed by atoms with Crippen molar-refractivity contribution < 1.29 is 9.53 Å². The molecule has 1 saturated carbocycles. The summed E-state index contributed by atoms with van der Waals surface area (Å²) in [7, 11) is 0. The van der Waals surface area contributed by atoms with Crippen LogP contribution in [0.15, 0.2) is 28.7 Å². The topological polar surface area (TPSA) is 50.4 Å². The highest BCUT2D eigenvalue weighted by Crippen LogP contribution is 2.25. The van der Waals surface area contributed by atoms with Gasteiger partial charge in [-0.15, -0.1) is 0 Å². The van der Waals surface area contributed by atoms with Crippen LogP contribution in [0.2, 0.25) is 0 Å². The van der Waals surface area contributed by atoms with Gasteiger partial charge in [-0.2, -0.15) is 0 Å². The van der Waals surface area contributed by atoms with E-state index in [9.17, 15) is 4.79 Å². The molecule has 1 aliphatic carbocycles. The van der Waals surface area contributed by atoms with Gasteiger partial charge >= 0.3 is 6.09 Å². The second kappa shape index (κ2) is 7.01. The minimum atomic E-state index is -0.443. The lowest BCUT2D eigenvalue weighted by Crippen LogP contribution is -2.53. The Kier molecular flexibility index (Phi) is 5.50. The van der Waals surface area contributed by atoms with E-state index in [1.807, 2.05) is 20.8 Å². The zero-order valence-corrected chi connectivity index (χ0v) is 15.2. The van der Waals surface area contributed by atoms with Gasteiger partial charge in [-0.1, -0.05) is 28.1 Å². The van der Waals surface area contributed by atoms with E-state index >= 15 is 0 Å². The maximum absolute atomic E-state index is 11.7. The highest BCUT2D eigenvalue weighted by molar-refractivity contribution is 9.10. The van der Waals surface area contributed by atoms with E-state index in [0.29, 0.717) is 12.1 Å². The van der Waals surface area contributed by atoms with Gasteiger partial charge in [-0.05, 0) is 58.2 Å². The van der Waals surface area contributed by atoms with Gasteiger partial charge < -0.3 is 15.4 Å². The molecule has 0 spiro atoms. The van der Waals surface area contributed by atoms with Crippen LogP contribution in [0.5, 0.6) is 0 Å². The zero-order chi connectivity index (χ0) is 16.3. The van der Waals surface area contributed by atoms with Crippen molar-refractivity contribution in [3.8, 4) is 0 Å². The minimum Gasteiger partial charge on any atom is -0.444 e. The summed E-state index contributed by atoms with van der Waals surface area (Å²) in [5.74, 6) is 0. The van der Waals surface area contributed by atoms with Crippen molar-refractivity contribution in [1.29, 1.82) is 0 Å². The molecule has 0 radical (unpaired) electrons. The number of benzene rings is 1. The summed E-state index contributed by atoms with van der Waals surface area (Å²) in [5, 5.41) is 6.51. The van der Waals surface area contributed by atoms with Crippen LogP contribution in [0.3, 0.4) is 0 Å². The summed E-state index contributed by atoms with van der Waals surface area (Å²) in [5.41, 5.74) is 0.827. The zero-order valence-electron chi connectivity index (χ0n) is 13.7. The van der Waals surface area contributed by atoms with Crippen molar-refractivity contribution >= 4 is 22.0 Å². The fraction of sp³-hybridized carbons (Fsp3) is 0.588. The Morgan fingerprint density at radius 1 is 1.23 bits per heavy atom. The standard InChI is InChI=1S/C17H25BrN2O2/c1-11(12-5-7-13(18)8-6-12)19-14-9-15(10-14)20-16(21)22-17(2,3)4/h5-8,11,14-15,19H,9-10H2,1-4H3,(H,20,21). The first-order valence-corrected chi connectivity index (χ1v) is 8.53. The number of hydrogen-bond donors (Lipinski definition) is 2. The van der Waals surface area contributed by atoms with Crippen molar-refractivity contribution in [3.05, 3.63) is 34.3 Å². The molecule has 1 aromatic rings. The maximum Gasteiger partial charge on any atom is 0.407 e. The predicted octanol–water partition coefficient (Wildman–Crippen LogP) is 4.16. The fourth-order valence-electron chi connectivity index (χ4n) is 2.55. The smallest absolute Gasteiger partial charge is 0.407 e. The lowest BCUT2D eigenvalue weighted by atomic mass is 9.86. The quantitative estimate of drug-likeness (QED) is 0.838. The molecule has 0 heterocycles. The molecule has 1 aromatic carbocycles. The van der Waals surface area contributed by atoms with Crippen LogP contribution in [0.4, 0.5) is 4.79 Å². The van der Waals surface area contributed by atoms with Crippen molar-refractivity contribution in [3.63, 3.8) is 0 Å². The molecule has 22 heavy (non-hydrogen) atoms. The van der Waals surface area contributed by atoms with Gasteiger partial charge in [0.25, 0.3) is 0 Å². The normalized spacial score (nSPS) is 22.6. The number of carbonyl (C=O) groups excluding carboxylic acids is 1. The van der Waals surface area contributed by atoms with Gasteiger partial charge in [0.2, 0.25) is 0 Å². The Morgan fingerprint density at radius 2 is 1.82 bits per heavy atom. The van der Waals surface area contributed by atoms with E-state index in [0.717, 1.165) is 17.3 Å². The van der Waals surface area contributed by atoms with E-state index in [4.69, 9.17) is 4.74 Å². The Balaban J connectivity index is 1.71. The van der Waals surface area contributed by atoms with Gasteiger partial charge in [0.1, 0.15) is 5.60 Å². The molecule has 2 N–H and O–H groups in total. The molecule has 1 atom stereocenters. The summed E-state index contributed by atoms with van der Waals surface area (Å²) < 4.78 is 6.36. The summed E-state index contributed by atoms with van der Waals surface area (Å²) in [6.07, 6.45) is 1.57. The molecular formula is C17H25BrN2O2. The summed E-state index contributed by atoms with van der Waals surface area (Å²) in [6, 6.07) is 9.32. The van der Waals surface area contributed by atoms with Crippen molar-refractivity contribution in [1.82, 2.24) is 10.6 Å². The molecule has 0 bridgehead atoms. The molecule has 122 valence electrons. The second-order valence-electron chi connectivity index (χ2n) is 6.95. The number of alkyl carbamates (subject to hydrolysis) is 1. The molecule has 0 aromatic heterocycles. The Bertz CT molecular complexity index is 504. The van der Waals surface area contributed by atoms with Crippen LogP contribution in [-0.4, -0.2) is 23.8 Å². The number of hydrogen-bond acceptors (Lipinski definition) is 3. The lowest BCUT2D eigenvalue weighted by molar-refractivity contribution is 0.0463. The Hall–Kier alpha value is -1.07. The number of ether oxygens (including phenoxy) is 1. The van der Waals surface area contributed by atoms with E-state index in [2.05, 4.69) is 57.8 Å². The van der Waals surface area contributed by atoms with Crippen LogP contribution in [0.1, 0.15) is 52.1 Å². The number of rotatable bonds is 4. The highest BCUT2D eigenvalue weighted by Gasteiger charge is 2.32. The molecule has 4 nitrogen and oxygen atoms in total. The molecular weight excluding hydrogens is 344 g/mol. The molecule has 1 unspecified atom stereocenters. The Morgan fingerprint density at radius 3 is 2.36 bits per heavy atom. The van der Waals surface area contributed by atoms with E-state index in [1.54, 1.807) is 0 Å². The third kappa shape index (κ3) is 5.29. The van der Waals surface area contributed by atoms with E-state index < -0.39 is 5.60 Å². The van der Waals surface area contributed by atoms with Crippen LogP contribution in [-0.2, 0) is 4.74 Å². The number of nitrogens with one attached hydrogen (secondary N) is 2. The first kappa shape index (κ1) is 17.3. The van der Waals surface area contributed by atoms with Crippen molar-refractivity contribution in [2.45, 2.75) is 64.3 Å². The molecule has 0 saturated heterocycles. The van der Waals surface area contributed by atoms with Crippen LogP contribution >= 0.6 is 15.9 Å². The highest BCUT2D eigenvalue weighted by atomic mass is 79.9. The van der Waals surface area contributed by atoms with Crippen LogP contribution < -0.4 is 10.6 Å². The number of carbonyl (C=O) groups is 1. The van der Waals surface area contributed by atoms with E-state index in [1.165, 1.54) is 5.56 Å². The third-order valence-electron chi connectivity index (χ3n) is 3.71. The monoisotopic (exact) mass is 368 g/mol. The van der Waals surface area contributed by atoms with Crippen molar-refractivity contribution in [2.24, 2.45) is 0 Å². The molecule has 1 amide bonds. The van der Waals surface area contributed by atoms with Gasteiger partial charge in [-0.25, -0.2) is 4.79 Å². The van der Waals surface area contributed by atoms with Crippen LogP contribution in [0.25, 0.3) is 0 Å². The average molecular weight is 369 g/mol.